The minimum atomic E-state index is -1.98. The lowest BCUT2D eigenvalue weighted by Crippen LogP contribution is -2.54. The van der Waals surface area contributed by atoms with Crippen LogP contribution in [-0.2, 0) is 29.3 Å². The highest BCUT2D eigenvalue weighted by Gasteiger charge is 2.66. The Kier molecular flexibility index (Phi) is 4.64. The van der Waals surface area contributed by atoms with Gasteiger partial charge in [0.05, 0.1) is 18.2 Å². The number of fused-ring (bicyclic) bond motifs is 1. The Morgan fingerprint density at radius 1 is 1.17 bits per heavy atom. The maximum Gasteiger partial charge on any atom is 0.327 e. The van der Waals surface area contributed by atoms with Crippen LogP contribution < -0.4 is 9.80 Å². The topological polar surface area (TPSA) is 84.0 Å². The number of anilines is 2. The van der Waals surface area contributed by atoms with Gasteiger partial charge in [0.15, 0.2) is 5.41 Å². The normalized spacial score (nSPS) is 23.2. The van der Waals surface area contributed by atoms with Gasteiger partial charge in [0, 0.05) is 24.7 Å². The van der Waals surface area contributed by atoms with Crippen LogP contribution in [0.25, 0.3) is 0 Å². The van der Waals surface area contributed by atoms with E-state index in [0.717, 1.165) is 11.0 Å². The number of hydrogen-bond acceptors (Lipinski definition) is 5. The molecule has 0 spiro atoms. The Labute approximate surface area is 172 Å². The van der Waals surface area contributed by atoms with Gasteiger partial charge in [-0.15, -0.1) is 0 Å². The fourth-order valence-electron chi connectivity index (χ4n) is 4.37. The van der Waals surface area contributed by atoms with Crippen molar-refractivity contribution in [3.63, 3.8) is 0 Å². The summed E-state index contributed by atoms with van der Waals surface area (Å²) in [6, 6.07) is 11.7. The number of benzene rings is 2. The monoisotopic (exact) mass is 410 g/mol. The van der Waals surface area contributed by atoms with E-state index in [4.69, 9.17) is 4.74 Å². The minimum Gasteiger partial charge on any atom is -0.465 e. The molecule has 0 bridgehead atoms. The number of carbonyl (C=O) groups excluding carboxylic acids is 4. The van der Waals surface area contributed by atoms with Crippen molar-refractivity contribution in [1.82, 2.24) is 0 Å². The van der Waals surface area contributed by atoms with E-state index in [2.05, 4.69) is 0 Å². The Hall–Kier alpha value is -3.55. The van der Waals surface area contributed by atoms with Gasteiger partial charge in [0.1, 0.15) is 5.82 Å². The fourth-order valence-corrected chi connectivity index (χ4v) is 4.37. The maximum absolute atomic E-state index is 13.7. The van der Waals surface area contributed by atoms with Crippen LogP contribution in [0.2, 0.25) is 0 Å². The highest BCUT2D eigenvalue weighted by Crippen LogP contribution is 2.50. The Bertz CT molecular complexity index is 1080. The summed E-state index contributed by atoms with van der Waals surface area (Å²) >= 11 is 0. The predicted octanol–water partition coefficient (Wildman–Crippen LogP) is 2.18. The molecule has 2 aromatic rings. The van der Waals surface area contributed by atoms with Gasteiger partial charge in [0.2, 0.25) is 17.7 Å². The molecule has 3 amide bonds. The Morgan fingerprint density at radius 2 is 1.90 bits per heavy atom. The van der Waals surface area contributed by atoms with E-state index in [9.17, 15) is 23.6 Å². The van der Waals surface area contributed by atoms with Crippen LogP contribution in [0.1, 0.15) is 18.9 Å². The molecule has 154 valence electrons. The van der Waals surface area contributed by atoms with E-state index >= 15 is 0 Å². The molecule has 2 heterocycles. The Balaban J connectivity index is 1.88. The molecule has 0 saturated carbocycles. The van der Waals surface area contributed by atoms with E-state index in [1.54, 1.807) is 31.2 Å². The molecule has 7 nitrogen and oxygen atoms in total. The quantitative estimate of drug-likeness (QED) is 0.438. The molecule has 2 aliphatic rings. The van der Waals surface area contributed by atoms with Gasteiger partial charge in [-0.1, -0.05) is 24.3 Å². The number of rotatable bonds is 4. The number of likely N-dealkylation sites (N-methyl/N-ethyl adjacent to an activating group) is 1. The van der Waals surface area contributed by atoms with Crippen LogP contribution in [0.5, 0.6) is 0 Å². The van der Waals surface area contributed by atoms with E-state index in [1.165, 1.54) is 30.1 Å². The molecule has 0 aromatic heterocycles. The summed E-state index contributed by atoms with van der Waals surface area (Å²) in [7, 11) is 1.51. The van der Waals surface area contributed by atoms with Crippen molar-refractivity contribution in [2.45, 2.75) is 18.8 Å². The molecule has 1 fully saturated rings. The van der Waals surface area contributed by atoms with E-state index in [-0.39, 0.29) is 18.7 Å². The van der Waals surface area contributed by atoms with Gasteiger partial charge in [0.25, 0.3) is 0 Å². The second-order valence-electron chi connectivity index (χ2n) is 7.21. The van der Waals surface area contributed by atoms with Crippen molar-refractivity contribution >= 4 is 35.1 Å². The average Bonchev–Trinajstić information content (AvgIpc) is 3.14. The van der Waals surface area contributed by atoms with Crippen molar-refractivity contribution in [2.75, 3.05) is 23.5 Å². The molecular weight excluding hydrogens is 391 g/mol. The lowest BCUT2D eigenvalue weighted by Gasteiger charge is -2.30. The highest BCUT2D eigenvalue weighted by molar-refractivity contribution is 6.29. The molecule has 8 heteroatoms. The fraction of sp³-hybridized carbons (Fsp3) is 0.273. The molecule has 0 N–H and O–H groups in total. The third kappa shape index (κ3) is 2.56. The smallest absolute Gasteiger partial charge is 0.327 e. The van der Waals surface area contributed by atoms with Crippen LogP contribution in [0, 0.1) is 11.7 Å². The molecule has 0 aliphatic carbocycles. The molecule has 1 saturated heterocycles. The lowest BCUT2D eigenvalue weighted by atomic mass is 9.70. The number of esters is 1. The summed E-state index contributed by atoms with van der Waals surface area (Å²) in [5.74, 6) is -4.77. The van der Waals surface area contributed by atoms with Crippen molar-refractivity contribution < 1.29 is 28.3 Å². The highest BCUT2D eigenvalue weighted by atomic mass is 19.1. The summed E-state index contributed by atoms with van der Waals surface area (Å²) < 4.78 is 18.9. The van der Waals surface area contributed by atoms with Gasteiger partial charge in [-0.25, -0.2) is 4.39 Å². The van der Waals surface area contributed by atoms with E-state index in [1.807, 2.05) is 0 Å². The molecule has 0 radical (unpaired) electrons. The van der Waals surface area contributed by atoms with Crippen molar-refractivity contribution in [3.8, 4) is 0 Å². The first kappa shape index (κ1) is 19.8. The van der Waals surface area contributed by atoms with Crippen LogP contribution in [0.3, 0.4) is 0 Å². The number of nitrogens with zero attached hydrogens (tertiary/aromatic N) is 2. The molecular formula is C22H19FN2O5. The summed E-state index contributed by atoms with van der Waals surface area (Å²) in [6.07, 6.45) is -0.373. The zero-order valence-electron chi connectivity index (χ0n) is 16.4. The summed E-state index contributed by atoms with van der Waals surface area (Å²) in [5.41, 5.74) is -1.13. The van der Waals surface area contributed by atoms with Crippen LogP contribution >= 0.6 is 0 Å². The number of hydrogen-bond donors (Lipinski definition) is 0. The van der Waals surface area contributed by atoms with Crippen molar-refractivity contribution in [3.05, 3.63) is 59.9 Å². The SMILES string of the molecule is CCOC(=O)[C@]1([C@@H]2CC(=O)N(c3cccc(F)c3)C2=O)C(=O)N(C)c2ccccc21. The number of amides is 3. The largest absolute Gasteiger partial charge is 0.465 e. The van der Waals surface area contributed by atoms with Gasteiger partial charge in [-0.3, -0.25) is 24.1 Å². The molecule has 4 rings (SSSR count). The summed E-state index contributed by atoms with van der Waals surface area (Å²) in [4.78, 5) is 55.0. The number of imide groups is 1. The minimum absolute atomic E-state index is 0.00219. The lowest BCUT2D eigenvalue weighted by molar-refractivity contribution is -0.158. The zero-order chi connectivity index (χ0) is 21.6. The first-order valence-corrected chi connectivity index (χ1v) is 9.51. The van der Waals surface area contributed by atoms with Gasteiger partial charge in [-0.2, -0.15) is 0 Å². The van der Waals surface area contributed by atoms with Gasteiger partial charge < -0.3 is 9.64 Å². The number of halogens is 1. The predicted molar refractivity (Wildman–Crippen MR) is 105 cm³/mol. The van der Waals surface area contributed by atoms with Crippen molar-refractivity contribution in [1.29, 1.82) is 0 Å². The maximum atomic E-state index is 13.7. The molecule has 0 unspecified atom stereocenters. The molecule has 30 heavy (non-hydrogen) atoms. The first-order valence-electron chi connectivity index (χ1n) is 9.51. The number of para-hydroxylation sites is 1. The molecule has 2 atom stereocenters. The second-order valence-corrected chi connectivity index (χ2v) is 7.21. The average molecular weight is 410 g/mol. The number of ether oxygens (including phenoxy) is 1. The first-order chi connectivity index (χ1) is 14.3. The van der Waals surface area contributed by atoms with Gasteiger partial charge in [-0.05, 0) is 31.2 Å². The molecule has 2 aliphatic heterocycles. The van der Waals surface area contributed by atoms with Crippen LogP contribution in [0.15, 0.2) is 48.5 Å². The summed E-state index contributed by atoms with van der Waals surface area (Å²) in [5, 5.41) is 0. The van der Waals surface area contributed by atoms with E-state index in [0.29, 0.717) is 11.3 Å². The Morgan fingerprint density at radius 3 is 2.60 bits per heavy atom. The summed E-state index contributed by atoms with van der Waals surface area (Å²) in [6.45, 7) is 1.60. The third-order valence-corrected chi connectivity index (χ3v) is 5.67. The standard InChI is InChI=1S/C22H19FN2O5/c1-3-30-21(29)22(15-9-4-5-10-17(15)24(2)20(22)28)16-12-18(26)25(19(16)27)14-8-6-7-13(23)11-14/h4-11,16H,3,12H2,1-2H3/t16-,22-/m1/s1. The second kappa shape index (κ2) is 7.05. The van der Waals surface area contributed by atoms with Crippen LogP contribution in [-0.4, -0.2) is 37.3 Å². The van der Waals surface area contributed by atoms with E-state index < -0.39 is 40.8 Å². The number of carbonyl (C=O) groups is 4. The van der Waals surface area contributed by atoms with Crippen molar-refractivity contribution in [2.24, 2.45) is 5.92 Å². The molecule has 2 aromatic carbocycles. The van der Waals surface area contributed by atoms with Gasteiger partial charge >= 0.3 is 5.97 Å². The zero-order valence-corrected chi connectivity index (χ0v) is 16.4. The van der Waals surface area contributed by atoms with Crippen LogP contribution in [0.4, 0.5) is 15.8 Å². The third-order valence-electron chi connectivity index (χ3n) is 5.67.